The second-order valence-corrected chi connectivity index (χ2v) is 9.92. The van der Waals surface area contributed by atoms with Crippen LogP contribution in [0.3, 0.4) is 0 Å². The first-order valence-electron chi connectivity index (χ1n) is 11.3. The molecule has 186 valence electrons. The molecule has 1 aromatic carbocycles. The van der Waals surface area contributed by atoms with E-state index in [9.17, 15) is 24.3 Å². The van der Waals surface area contributed by atoms with E-state index in [1.54, 1.807) is 34.4 Å². The molecule has 0 saturated carbocycles. The lowest BCUT2D eigenvalue weighted by Crippen LogP contribution is -2.46. The first-order valence-corrected chi connectivity index (χ1v) is 12.2. The predicted octanol–water partition coefficient (Wildman–Crippen LogP) is 3.07. The van der Waals surface area contributed by atoms with E-state index in [2.05, 4.69) is 10.6 Å². The van der Waals surface area contributed by atoms with Gasteiger partial charge >= 0.3 is 12.1 Å². The van der Waals surface area contributed by atoms with Gasteiger partial charge in [-0.2, -0.15) is 0 Å². The minimum atomic E-state index is -1.45. The Morgan fingerprint density at radius 3 is 2.74 bits per heavy atom. The van der Waals surface area contributed by atoms with Gasteiger partial charge in [0.05, 0.1) is 23.9 Å². The number of carboxylic acid groups (broad SMARTS) is 1. The van der Waals surface area contributed by atoms with E-state index in [-0.39, 0.29) is 6.03 Å². The largest absolute Gasteiger partial charge is 0.490 e. The van der Waals surface area contributed by atoms with Gasteiger partial charge in [0.2, 0.25) is 11.8 Å². The average molecular weight is 501 g/mol. The normalized spacial score (nSPS) is 16.4. The monoisotopic (exact) mass is 500 g/mol. The topological polar surface area (TPSA) is 128 Å². The number of aryl methyl sites for hydroxylation is 2. The fraction of sp³-hybridized carbons (Fsp3) is 0.417. The Kier molecular flexibility index (Phi) is 6.97. The maximum absolute atomic E-state index is 13.3. The van der Waals surface area contributed by atoms with Crippen LogP contribution in [0.25, 0.3) is 0 Å². The van der Waals surface area contributed by atoms with Crippen molar-refractivity contribution in [1.29, 1.82) is 0 Å². The van der Waals surface area contributed by atoms with Crippen molar-refractivity contribution in [3.05, 3.63) is 44.6 Å². The van der Waals surface area contributed by atoms with Gasteiger partial charge in [0.15, 0.2) is 0 Å². The van der Waals surface area contributed by atoms with Crippen LogP contribution in [0.15, 0.2) is 18.2 Å². The zero-order chi connectivity index (χ0) is 25.3. The Morgan fingerprint density at radius 1 is 1.26 bits per heavy atom. The number of carbonyl (C=O) groups is 4. The van der Waals surface area contributed by atoms with Crippen LogP contribution < -0.4 is 15.4 Å². The van der Waals surface area contributed by atoms with Gasteiger partial charge in [0, 0.05) is 23.2 Å². The average Bonchev–Trinajstić information content (AvgIpc) is 3.28. The summed E-state index contributed by atoms with van der Waals surface area (Å²) in [6.07, 6.45) is -0.450. The van der Waals surface area contributed by atoms with Crippen molar-refractivity contribution in [2.24, 2.45) is 0 Å². The first-order chi connectivity index (χ1) is 16.7. The number of benzene rings is 1. The standard InChI is InChI=1S/C24H28N4O6S/c1-13-14(2)35-19-11-27(8-9-34-21(13)19)20(29)12-28(24(32)33)22(30)18-6-4-15-10-16(5-7-17(15)18)26-23(31)25-3/h5,7,10,18H,4,6,8-9,11-12H2,1-3H3,(H,32,33)(H2,25,26,31). The molecule has 4 rings (SSSR count). The maximum atomic E-state index is 13.3. The molecule has 0 fully saturated rings. The lowest BCUT2D eigenvalue weighted by Gasteiger charge is -2.25. The lowest BCUT2D eigenvalue weighted by atomic mass is 9.99. The summed E-state index contributed by atoms with van der Waals surface area (Å²) in [5, 5.41) is 14.9. The fourth-order valence-electron chi connectivity index (χ4n) is 4.50. The lowest BCUT2D eigenvalue weighted by molar-refractivity contribution is -0.140. The molecule has 1 unspecified atom stereocenters. The molecule has 5 amide bonds. The second-order valence-electron chi connectivity index (χ2n) is 8.62. The van der Waals surface area contributed by atoms with Gasteiger partial charge < -0.3 is 25.4 Å². The summed E-state index contributed by atoms with van der Waals surface area (Å²) in [4.78, 5) is 54.1. The number of hydrogen-bond acceptors (Lipinski definition) is 6. The number of urea groups is 1. The van der Waals surface area contributed by atoms with E-state index in [0.717, 1.165) is 26.6 Å². The molecular weight excluding hydrogens is 472 g/mol. The Balaban J connectivity index is 1.48. The molecule has 0 radical (unpaired) electrons. The van der Waals surface area contributed by atoms with Crippen LogP contribution in [0.1, 0.15) is 38.8 Å². The Morgan fingerprint density at radius 2 is 2.03 bits per heavy atom. The minimum Gasteiger partial charge on any atom is -0.490 e. The third kappa shape index (κ3) is 4.95. The number of ether oxygens (including phenoxy) is 1. The van der Waals surface area contributed by atoms with Crippen LogP contribution in [-0.2, 0) is 22.6 Å². The SMILES string of the molecule is CNC(=O)Nc1ccc2c(c1)CCC2C(=O)N(CC(=O)N1CCOc2c(sc(C)c2C)C1)C(=O)O. The Hall–Kier alpha value is -3.60. The van der Waals surface area contributed by atoms with Crippen molar-refractivity contribution < 1.29 is 29.0 Å². The summed E-state index contributed by atoms with van der Waals surface area (Å²) in [5.41, 5.74) is 3.22. The highest BCUT2D eigenvalue weighted by atomic mass is 32.1. The predicted molar refractivity (Wildman–Crippen MR) is 130 cm³/mol. The van der Waals surface area contributed by atoms with E-state index < -0.39 is 30.4 Å². The molecule has 35 heavy (non-hydrogen) atoms. The highest BCUT2D eigenvalue weighted by Gasteiger charge is 2.36. The smallest absolute Gasteiger partial charge is 0.414 e. The number of nitrogens with one attached hydrogen (secondary N) is 2. The third-order valence-corrected chi connectivity index (χ3v) is 7.66. The zero-order valence-electron chi connectivity index (χ0n) is 19.8. The van der Waals surface area contributed by atoms with Gasteiger partial charge in [-0.05, 0) is 49.9 Å². The first kappa shape index (κ1) is 24.5. The number of anilines is 1. The van der Waals surface area contributed by atoms with E-state index in [1.807, 2.05) is 13.8 Å². The molecule has 2 aliphatic rings. The molecule has 11 heteroatoms. The van der Waals surface area contributed by atoms with E-state index >= 15 is 0 Å². The van der Waals surface area contributed by atoms with Crippen molar-refractivity contribution in [2.45, 2.75) is 39.2 Å². The van der Waals surface area contributed by atoms with Gasteiger partial charge in [0.25, 0.3) is 0 Å². The van der Waals surface area contributed by atoms with E-state index in [1.165, 1.54) is 7.05 Å². The maximum Gasteiger partial charge on any atom is 0.414 e. The van der Waals surface area contributed by atoms with Crippen LogP contribution >= 0.6 is 11.3 Å². The molecule has 0 saturated heterocycles. The van der Waals surface area contributed by atoms with Gasteiger partial charge in [-0.25, -0.2) is 14.5 Å². The van der Waals surface area contributed by atoms with Gasteiger partial charge in [-0.15, -0.1) is 11.3 Å². The number of fused-ring (bicyclic) bond motifs is 2. The summed E-state index contributed by atoms with van der Waals surface area (Å²) in [5.74, 6) is -0.929. The highest BCUT2D eigenvalue weighted by molar-refractivity contribution is 7.12. The van der Waals surface area contributed by atoms with Crippen molar-refractivity contribution in [3.63, 3.8) is 0 Å². The third-order valence-electron chi connectivity index (χ3n) is 6.49. The van der Waals surface area contributed by atoms with Crippen molar-refractivity contribution >= 4 is 41.0 Å². The molecule has 1 aliphatic carbocycles. The van der Waals surface area contributed by atoms with Gasteiger partial charge in [-0.3, -0.25) is 9.59 Å². The molecule has 1 aromatic heterocycles. The highest BCUT2D eigenvalue weighted by Crippen LogP contribution is 2.38. The van der Waals surface area contributed by atoms with Gasteiger partial charge in [-0.1, -0.05) is 6.07 Å². The molecule has 0 spiro atoms. The molecule has 2 heterocycles. The molecule has 3 N–H and O–H groups in total. The van der Waals surface area contributed by atoms with Crippen LogP contribution in [0, 0.1) is 13.8 Å². The summed E-state index contributed by atoms with van der Waals surface area (Å²) >= 11 is 1.56. The number of hydrogen-bond donors (Lipinski definition) is 3. The molecule has 0 bridgehead atoms. The van der Waals surface area contributed by atoms with Crippen molar-refractivity contribution in [1.82, 2.24) is 15.1 Å². The quantitative estimate of drug-likeness (QED) is 0.592. The second kappa shape index (κ2) is 9.95. The summed E-state index contributed by atoms with van der Waals surface area (Å²) in [7, 11) is 1.51. The van der Waals surface area contributed by atoms with Crippen LogP contribution in [0.5, 0.6) is 5.75 Å². The number of carbonyl (C=O) groups excluding carboxylic acids is 3. The van der Waals surface area contributed by atoms with Crippen LogP contribution in [0.2, 0.25) is 0 Å². The van der Waals surface area contributed by atoms with E-state index in [4.69, 9.17) is 4.74 Å². The minimum absolute atomic E-state index is 0.305. The Bertz CT molecular complexity index is 1190. The zero-order valence-corrected chi connectivity index (χ0v) is 20.7. The summed E-state index contributed by atoms with van der Waals surface area (Å²) < 4.78 is 5.83. The number of rotatable bonds is 4. The van der Waals surface area contributed by atoms with Crippen LogP contribution in [0.4, 0.5) is 15.3 Å². The number of imide groups is 1. The van der Waals surface area contributed by atoms with Crippen LogP contribution in [-0.4, -0.2) is 65.6 Å². The number of nitrogens with zero attached hydrogens (tertiary/aromatic N) is 2. The molecule has 1 atom stereocenters. The van der Waals surface area contributed by atoms with Gasteiger partial charge in [0.1, 0.15) is 18.9 Å². The molecule has 1 aliphatic heterocycles. The van der Waals surface area contributed by atoms with Crippen molar-refractivity contribution in [2.75, 3.05) is 32.1 Å². The summed E-state index contributed by atoms with van der Waals surface area (Å²) in [6, 6.07) is 4.83. The van der Waals surface area contributed by atoms with E-state index in [0.29, 0.717) is 48.7 Å². The molecule has 2 aromatic rings. The fourth-order valence-corrected chi connectivity index (χ4v) is 5.64. The molecular formula is C24H28N4O6S. The Labute approximate surface area is 206 Å². The summed E-state index contributed by atoms with van der Waals surface area (Å²) in [6.45, 7) is 4.36. The van der Waals surface area contributed by atoms with Crippen molar-refractivity contribution in [3.8, 4) is 5.75 Å². The number of thiophene rings is 1. The number of amides is 5. The molecule has 10 nitrogen and oxygen atoms in total.